The summed E-state index contributed by atoms with van der Waals surface area (Å²) in [6, 6.07) is 7.51. The van der Waals surface area contributed by atoms with E-state index >= 15 is 0 Å². The summed E-state index contributed by atoms with van der Waals surface area (Å²) < 4.78 is 16.0. The predicted molar refractivity (Wildman–Crippen MR) is 64.8 cm³/mol. The van der Waals surface area contributed by atoms with Gasteiger partial charge in [0.05, 0.1) is 0 Å². The lowest BCUT2D eigenvalue weighted by Gasteiger charge is -2.11. The Morgan fingerprint density at radius 1 is 1.41 bits per heavy atom. The van der Waals surface area contributed by atoms with Crippen molar-refractivity contribution in [3.05, 3.63) is 47.3 Å². The quantitative estimate of drug-likeness (QED) is 0.860. The van der Waals surface area contributed by atoms with E-state index in [0.717, 1.165) is 18.7 Å². The number of rotatable bonds is 2. The van der Waals surface area contributed by atoms with Crippen LogP contribution in [0.1, 0.15) is 23.0 Å². The number of para-hydroxylation sites is 1. The molecule has 0 radical (unpaired) electrons. The SMILES string of the molecule is Cn1ccc(C(F)c2cccc3c2NCC3)n1. The molecule has 88 valence electrons. The van der Waals surface area contributed by atoms with E-state index in [2.05, 4.69) is 10.4 Å². The molecule has 2 aromatic rings. The van der Waals surface area contributed by atoms with Gasteiger partial charge in [0, 0.05) is 31.0 Å². The van der Waals surface area contributed by atoms with E-state index in [-0.39, 0.29) is 0 Å². The first kappa shape index (κ1) is 10.3. The Hall–Kier alpha value is -1.84. The number of halogens is 1. The molecule has 0 bridgehead atoms. The smallest absolute Gasteiger partial charge is 0.171 e. The van der Waals surface area contributed by atoms with E-state index < -0.39 is 6.17 Å². The van der Waals surface area contributed by atoms with Gasteiger partial charge in [0.2, 0.25) is 0 Å². The molecule has 0 amide bonds. The Bertz CT molecular complexity index is 547. The molecule has 1 atom stereocenters. The predicted octanol–water partition coefficient (Wildman–Crippen LogP) is 2.45. The lowest BCUT2D eigenvalue weighted by molar-refractivity contribution is 0.391. The highest BCUT2D eigenvalue weighted by atomic mass is 19.1. The Balaban J connectivity index is 2.02. The number of fused-ring (bicyclic) bond motifs is 1. The molecular formula is C13H14FN3. The number of hydrogen-bond donors (Lipinski definition) is 1. The summed E-state index contributed by atoms with van der Waals surface area (Å²) in [6.45, 7) is 0.890. The lowest BCUT2D eigenvalue weighted by atomic mass is 10.0. The molecule has 2 heterocycles. The van der Waals surface area contributed by atoms with E-state index in [4.69, 9.17) is 0 Å². The largest absolute Gasteiger partial charge is 0.384 e. The van der Waals surface area contributed by atoms with E-state index in [1.807, 2.05) is 18.2 Å². The molecule has 3 rings (SSSR count). The van der Waals surface area contributed by atoms with Crippen molar-refractivity contribution in [1.29, 1.82) is 0 Å². The molecule has 1 aromatic carbocycles. The van der Waals surface area contributed by atoms with Crippen LogP contribution < -0.4 is 5.32 Å². The van der Waals surface area contributed by atoms with E-state index in [9.17, 15) is 4.39 Å². The van der Waals surface area contributed by atoms with E-state index in [1.54, 1.807) is 24.0 Å². The van der Waals surface area contributed by atoms with Crippen LogP contribution in [0.4, 0.5) is 10.1 Å². The third-order valence-electron chi connectivity index (χ3n) is 3.15. The van der Waals surface area contributed by atoms with Crippen molar-refractivity contribution in [3.63, 3.8) is 0 Å². The van der Waals surface area contributed by atoms with Gasteiger partial charge in [0.1, 0.15) is 5.69 Å². The molecule has 3 nitrogen and oxygen atoms in total. The van der Waals surface area contributed by atoms with Gasteiger partial charge in [-0.2, -0.15) is 5.10 Å². The summed E-state index contributed by atoms with van der Waals surface area (Å²) in [6.07, 6.45) is 1.58. The molecule has 1 N–H and O–H groups in total. The van der Waals surface area contributed by atoms with Crippen molar-refractivity contribution in [3.8, 4) is 0 Å². The summed E-state index contributed by atoms with van der Waals surface area (Å²) in [5, 5.41) is 7.38. The average molecular weight is 231 g/mol. The Kier molecular flexibility index (Phi) is 2.35. The van der Waals surface area contributed by atoms with Crippen LogP contribution in [0.15, 0.2) is 30.5 Å². The van der Waals surface area contributed by atoms with Crippen LogP contribution in [0.3, 0.4) is 0 Å². The normalized spacial score (nSPS) is 15.4. The number of benzene rings is 1. The van der Waals surface area contributed by atoms with Crippen molar-refractivity contribution in [2.24, 2.45) is 7.05 Å². The topological polar surface area (TPSA) is 29.9 Å². The maximum absolute atomic E-state index is 14.4. The first-order valence-electron chi connectivity index (χ1n) is 5.75. The number of aryl methyl sites for hydroxylation is 1. The minimum absolute atomic E-state index is 0.467. The van der Waals surface area contributed by atoms with Crippen LogP contribution >= 0.6 is 0 Å². The van der Waals surface area contributed by atoms with Gasteiger partial charge in [-0.25, -0.2) is 4.39 Å². The van der Waals surface area contributed by atoms with Gasteiger partial charge in [0.25, 0.3) is 0 Å². The number of anilines is 1. The zero-order chi connectivity index (χ0) is 11.8. The molecule has 1 aliphatic heterocycles. The summed E-state index contributed by atoms with van der Waals surface area (Å²) in [4.78, 5) is 0. The van der Waals surface area contributed by atoms with Crippen LogP contribution in [-0.2, 0) is 13.5 Å². The fraction of sp³-hybridized carbons (Fsp3) is 0.308. The van der Waals surface area contributed by atoms with Gasteiger partial charge in [-0.05, 0) is 18.1 Å². The zero-order valence-electron chi connectivity index (χ0n) is 9.65. The minimum atomic E-state index is -1.16. The molecule has 1 aliphatic rings. The van der Waals surface area contributed by atoms with Crippen molar-refractivity contribution < 1.29 is 4.39 Å². The van der Waals surface area contributed by atoms with Gasteiger partial charge >= 0.3 is 0 Å². The van der Waals surface area contributed by atoms with Crippen molar-refractivity contribution in [2.75, 3.05) is 11.9 Å². The average Bonchev–Trinajstić information content (AvgIpc) is 2.95. The van der Waals surface area contributed by atoms with Crippen LogP contribution in [0.5, 0.6) is 0 Å². The van der Waals surface area contributed by atoms with Gasteiger partial charge < -0.3 is 5.32 Å². The lowest BCUT2D eigenvalue weighted by Crippen LogP contribution is -2.01. The second-order valence-corrected chi connectivity index (χ2v) is 4.33. The fourth-order valence-electron chi connectivity index (χ4n) is 2.30. The van der Waals surface area contributed by atoms with Crippen molar-refractivity contribution >= 4 is 5.69 Å². The first-order valence-corrected chi connectivity index (χ1v) is 5.75. The highest BCUT2D eigenvalue weighted by molar-refractivity contribution is 5.62. The molecule has 0 aliphatic carbocycles. The summed E-state index contributed by atoms with van der Waals surface area (Å²) >= 11 is 0. The third-order valence-corrected chi connectivity index (χ3v) is 3.15. The summed E-state index contributed by atoms with van der Waals surface area (Å²) in [5.41, 5.74) is 3.31. The molecule has 0 spiro atoms. The molecule has 17 heavy (non-hydrogen) atoms. The van der Waals surface area contributed by atoms with Crippen LogP contribution in [-0.4, -0.2) is 16.3 Å². The van der Waals surface area contributed by atoms with Gasteiger partial charge in [0.15, 0.2) is 6.17 Å². The molecule has 0 saturated heterocycles. The van der Waals surface area contributed by atoms with Crippen LogP contribution in [0.25, 0.3) is 0 Å². The number of aromatic nitrogens is 2. The number of hydrogen-bond acceptors (Lipinski definition) is 2. The van der Waals surface area contributed by atoms with Gasteiger partial charge in [-0.15, -0.1) is 0 Å². The fourth-order valence-corrected chi connectivity index (χ4v) is 2.30. The number of alkyl halides is 1. The molecular weight excluding hydrogens is 217 g/mol. The summed E-state index contributed by atoms with van der Waals surface area (Å²) in [7, 11) is 1.80. The standard InChI is InChI=1S/C13H14FN3/c1-17-8-6-11(16-17)12(14)10-4-2-3-9-5-7-15-13(9)10/h2-4,6,8,12,15H,5,7H2,1H3. The first-order chi connectivity index (χ1) is 8.25. The zero-order valence-corrected chi connectivity index (χ0v) is 9.65. The molecule has 4 heteroatoms. The highest BCUT2D eigenvalue weighted by Gasteiger charge is 2.22. The Morgan fingerprint density at radius 2 is 2.29 bits per heavy atom. The van der Waals surface area contributed by atoms with Gasteiger partial charge in [-0.3, -0.25) is 4.68 Å². The summed E-state index contributed by atoms with van der Waals surface area (Å²) in [5.74, 6) is 0. The van der Waals surface area contributed by atoms with Crippen molar-refractivity contribution in [2.45, 2.75) is 12.6 Å². The second-order valence-electron chi connectivity index (χ2n) is 4.33. The maximum atomic E-state index is 14.4. The molecule has 1 aromatic heterocycles. The van der Waals surface area contributed by atoms with E-state index in [1.165, 1.54) is 5.56 Å². The monoisotopic (exact) mass is 231 g/mol. The van der Waals surface area contributed by atoms with Crippen molar-refractivity contribution in [1.82, 2.24) is 9.78 Å². The Labute approximate surface area is 99.3 Å². The minimum Gasteiger partial charge on any atom is -0.384 e. The number of nitrogens with one attached hydrogen (secondary N) is 1. The van der Waals surface area contributed by atoms with Crippen LogP contribution in [0, 0.1) is 0 Å². The van der Waals surface area contributed by atoms with Gasteiger partial charge in [-0.1, -0.05) is 18.2 Å². The second kappa shape index (κ2) is 3.87. The third kappa shape index (κ3) is 1.69. The molecule has 1 unspecified atom stereocenters. The molecule has 0 saturated carbocycles. The highest BCUT2D eigenvalue weighted by Crippen LogP contribution is 2.35. The van der Waals surface area contributed by atoms with E-state index in [0.29, 0.717) is 11.3 Å². The molecule has 0 fully saturated rings. The van der Waals surface area contributed by atoms with Crippen LogP contribution in [0.2, 0.25) is 0 Å². The maximum Gasteiger partial charge on any atom is 0.171 e. The number of nitrogens with zero attached hydrogens (tertiary/aromatic N) is 2. The Morgan fingerprint density at radius 3 is 3.06 bits per heavy atom.